The summed E-state index contributed by atoms with van der Waals surface area (Å²) in [7, 11) is 0. The maximum Gasteiger partial charge on any atom is 0.430 e. The molecule has 0 bridgehead atoms. The summed E-state index contributed by atoms with van der Waals surface area (Å²) in [5.41, 5.74) is 0.843. The zero-order valence-electron chi connectivity index (χ0n) is 13.9. The van der Waals surface area contributed by atoms with Gasteiger partial charge in [-0.05, 0) is 43.4 Å². The average Bonchev–Trinajstić information content (AvgIpc) is 2.50. The van der Waals surface area contributed by atoms with E-state index in [1.54, 1.807) is 19.1 Å². The Hall–Kier alpha value is -1.98. The smallest absolute Gasteiger partial charge is 0.430 e. The number of carbonyl (C=O) groups excluding carboxylic acids is 1. The number of ether oxygens (including phenoxy) is 2. The van der Waals surface area contributed by atoms with Crippen LogP contribution in [0.15, 0.2) is 23.8 Å². The van der Waals surface area contributed by atoms with Crippen LogP contribution in [0.3, 0.4) is 0 Å². The summed E-state index contributed by atoms with van der Waals surface area (Å²) < 4.78 is 49.7. The SMILES string of the molecule is CCOC(=O)C1=Cc2ccc(CCC(C)C)cc2OC1C(F)(F)F. The first-order valence-corrected chi connectivity index (χ1v) is 7.97. The van der Waals surface area contributed by atoms with Crippen molar-refractivity contribution >= 4 is 12.0 Å². The molecule has 0 radical (unpaired) electrons. The molecule has 0 saturated heterocycles. The normalized spacial score (nSPS) is 17.1. The molecule has 24 heavy (non-hydrogen) atoms. The third-order valence-corrected chi connectivity index (χ3v) is 3.74. The average molecular weight is 342 g/mol. The molecule has 0 amide bonds. The number of esters is 1. The Kier molecular flexibility index (Phi) is 5.57. The first kappa shape index (κ1) is 18.4. The van der Waals surface area contributed by atoms with E-state index in [4.69, 9.17) is 9.47 Å². The van der Waals surface area contributed by atoms with E-state index in [1.807, 2.05) is 6.07 Å². The number of halogens is 3. The molecule has 1 aromatic carbocycles. The Morgan fingerprint density at radius 2 is 2.04 bits per heavy atom. The molecule has 0 aromatic heterocycles. The molecule has 1 atom stereocenters. The Balaban J connectivity index is 2.35. The van der Waals surface area contributed by atoms with Crippen LogP contribution in [0, 0.1) is 5.92 Å². The Bertz CT molecular complexity index is 633. The Labute approximate surface area is 139 Å². The van der Waals surface area contributed by atoms with Gasteiger partial charge in [0.25, 0.3) is 0 Å². The van der Waals surface area contributed by atoms with E-state index in [1.165, 1.54) is 6.08 Å². The molecule has 0 spiro atoms. The summed E-state index contributed by atoms with van der Waals surface area (Å²) in [4.78, 5) is 11.8. The number of hydrogen-bond donors (Lipinski definition) is 0. The number of aryl methyl sites for hydroxylation is 1. The summed E-state index contributed by atoms with van der Waals surface area (Å²) in [6, 6.07) is 5.14. The van der Waals surface area contributed by atoms with Gasteiger partial charge < -0.3 is 9.47 Å². The lowest BCUT2D eigenvalue weighted by atomic mass is 9.97. The summed E-state index contributed by atoms with van der Waals surface area (Å²) in [5, 5.41) is 0. The van der Waals surface area contributed by atoms with Crippen molar-refractivity contribution in [2.75, 3.05) is 6.61 Å². The first-order chi connectivity index (χ1) is 11.2. The quantitative estimate of drug-likeness (QED) is 0.737. The Morgan fingerprint density at radius 3 is 2.62 bits per heavy atom. The minimum Gasteiger partial charge on any atom is -0.475 e. The molecule has 1 aliphatic heterocycles. The fraction of sp³-hybridized carbons (Fsp3) is 0.500. The molecule has 132 valence electrons. The van der Waals surface area contributed by atoms with E-state index in [9.17, 15) is 18.0 Å². The van der Waals surface area contributed by atoms with Crippen molar-refractivity contribution in [2.45, 2.75) is 45.9 Å². The monoisotopic (exact) mass is 342 g/mol. The number of rotatable bonds is 5. The highest BCUT2D eigenvalue weighted by Crippen LogP contribution is 2.38. The predicted molar refractivity (Wildman–Crippen MR) is 84.7 cm³/mol. The molecule has 1 unspecified atom stereocenters. The minimum atomic E-state index is -4.69. The van der Waals surface area contributed by atoms with Crippen molar-refractivity contribution in [1.82, 2.24) is 0 Å². The second kappa shape index (κ2) is 7.28. The molecule has 0 aliphatic carbocycles. The van der Waals surface area contributed by atoms with Crippen LogP contribution in [0.25, 0.3) is 6.08 Å². The largest absolute Gasteiger partial charge is 0.475 e. The lowest BCUT2D eigenvalue weighted by Crippen LogP contribution is -2.40. The van der Waals surface area contributed by atoms with E-state index >= 15 is 0 Å². The molecule has 1 aliphatic rings. The standard InChI is InChI=1S/C18H21F3O3/c1-4-23-17(22)14-10-13-8-7-12(6-5-11(2)3)9-15(13)24-16(14)18(19,20)21/h7-11,16H,4-6H2,1-3H3. The maximum absolute atomic E-state index is 13.3. The number of alkyl halides is 3. The highest BCUT2D eigenvalue weighted by molar-refractivity contribution is 5.96. The van der Waals surface area contributed by atoms with Gasteiger partial charge >= 0.3 is 12.1 Å². The molecular formula is C18H21F3O3. The maximum atomic E-state index is 13.3. The fourth-order valence-corrected chi connectivity index (χ4v) is 2.47. The summed E-state index contributed by atoms with van der Waals surface area (Å²) in [6.07, 6.45) is -4.08. The van der Waals surface area contributed by atoms with Gasteiger partial charge in [0, 0.05) is 5.56 Å². The van der Waals surface area contributed by atoms with Crippen LogP contribution in [0.2, 0.25) is 0 Å². The van der Waals surface area contributed by atoms with Crippen molar-refractivity contribution in [3.63, 3.8) is 0 Å². The number of hydrogen-bond acceptors (Lipinski definition) is 3. The van der Waals surface area contributed by atoms with Crippen molar-refractivity contribution in [1.29, 1.82) is 0 Å². The van der Waals surface area contributed by atoms with Crippen LogP contribution < -0.4 is 4.74 Å². The van der Waals surface area contributed by atoms with Gasteiger partial charge in [-0.3, -0.25) is 0 Å². The van der Waals surface area contributed by atoms with Crippen molar-refractivity contribution in [3.05, 3.63) is 34.9 Å². The van der Waals surface area contributed by atoms with Gasteiger partial charge in [0.05, 0.1) is 12.2 Å². The van der Waals surface area contributed by atoms with Crippen LogP contribution in [-0.4, -0.2) is 24.9 Å². The lowest BCUT2D eigenvalue weighted by molar-refractivity contribution is -0.187. The van der Waals surface area contributed by atoms with Gasteiger partial charge in [0.15, 0.2) is 0 Å². The molecule has 0 fully saturated rings. The van der Waals surface area contributed by atoms with Crippen LogP contribution in [-0.2, 0) is 16.0 Å². The highest BCUT2D eigenvalue weighted by atomic mass is 19.4. The van der Waals surface area contributed by atoms with Gasteiger partial charge in [0.1, 0.15) is 5.75 Å². The summed E-state index contributed by atoms with van der Waals surface area (Å²) >= 11 is 0. The van der Waals surface area contributed by atoms with Gasteiger partial charge in [-0.25, -0.2) is 4.79 Å². The van der Waals surface area contributed by atoms with E-state index < -0.39 is 23.8 Å². The zero-order valence-corrected chi connectivity index (χ0v) is 13.9. The third kappa shape index (κ3) is 4.30. The number of fused-ring (bicyclic) bond motifs is 1. The van der Waals surface area contributed by atoms with E-state index in [-0.39, 0.29) is 12.4 Å². The van der Waals surface area contributed by atoms with Gasteiger partial charge in [-0.15, -0.1) is 0 Å². The molecule has 0 N–H and O–H groups in total. The molecule has 3 nitrogen and oxygen atoms in total. The van der Waals surface area contributed by atoms with Crippen LogP contribution in [0.4, 0.5) is 13.2 Å². The third-order valence-electron chi connectivity index (χ3n) is 3.74. The zero-order chi connectivity index (χ0) is 17.9. The molecule has 1 heterocycles. The first-order valence-electron chi connectivity index (χ1n) is 7.97. The molecular weight excluding hydrogens is 321 g/mol. The van der Waals surface area contributed by atoms with E-state index in [2.05, 4.69) is 13.8 Å². The second-order valence-electron chi connectivity index (χ2n) is 6.16. The van der Waals surface area contributed by atoms with E-state index in [0.29, 0.717) is 11.5 Å². The summed E-state index contributed by atoms with van der Waals surface area (Å²) in [5.74, 6) is -0.360. The Morgan fingerprint density at radius 1 is 1.33 bits per heavy atom. The predicted octanol–water partition coefficient (Wildman–Crippen LogP) is 4.55. The number of carbonyl (C=O) groups is 1. The molecule has 2 rings (SSSR count). The molecule has 1 aromatic rings. The van der Waals surface area contributed by atoms with Crippen LogP contribution in [0.5, 0.6) is 5.75 Å². The molecule has 0 saturated carbocycles. The van der Waals surface area contributed by atoms with Gasteiger partial charge in [0.2, 0.25) is 6.10 Å². The van der Waals surface area contributed by atoms with Gasteiger partial charge in [-0.1, -0.05) is 26.0 Å². The van der Waals surface area contributed by atoms with Crippen molar-refractivity contribution in [2.24, 2.45) is 5.92 Å². The van der Waals surface area contributed by atoms with Gasteiger partial charge in [-0.2, -0.15) is 13.2 Å². The highest BCUT2D eigenvalue weighted by Gasteiger charge is 2.48. The van der Waals surface area contributed by atoms with Crippen LogP contribution in [0.1, 0.15) is 38.3 Å². The topological polar surface area (TPSA) is 35.5 Å². The minimum absolute atomic E-state index is 0.00173. The summed E-state index contributed by atoms with van der Waals surface area (Å²) in [6.45, 7) is 5.72. The van der Waals surface area contributed by atoms with Crippen molar-refractivity contribution < 1.29 is 27.4 Å². The lowest BCUT2D eigenvalue weighted by Gasteiger charge is -2.28. The molecule has 6 heteroatoms. The van der Waals surface area contributed by atoms with E-state index in [0.717, 1.165) is 18.4 Å². The number of benzene rings is 1. The van der Waals surface area contributed by atoms with Crippen molar-refractivity contribution in [3.8, 4) is 5.75 Å². The fourth-order valence-electron chi connectivity index (χ4n) is 2.47. The second-order valence-corrected chi connectivity index (χ2v) is 6.16. The van der Waals surface area contributed by atoms with Crippen LogP contribution >= 0.6 is 0 Å².